The van der Waals surface area contributed by atoms with Crippen LogP contribution < -0.4 is 10.6 Å². The van der Waals surface area contributed by atoms with Gasteiger partial charge in [-0.1, -0.05) is 0 Å². The van der Waals surface area contributed by atoms with Crippen LogP contribution in [0.25, 0.3) is 17.2 Å². The van der Waals surface area contributed by atoms with E-state index in [9.17, 15) is 4.39 Å². The van der Waals surface area contributed by atoms with Crippen LogP contribution in [-0.4, -0.2) is 63.9 Å². The molecule has 4 heterocycles. The maximum atomic E-state index is 12.3. The van der Waals surface area contributed by atoms with Crippen LogP contribution in [0.2, 0.25) is 0 Å². The number of fused-ring (bicyclic) bond motifs is 1. The molecule has 0 saturated carbocycles. The number of nitrogen functional groups attached to an aromatic ring is 1. The molecule has 1 saturated heterocycles. The lowest BCUT2D eigenvalue weighted by atomic mass is 10.3. The number of nitrogens with zero attached hydrogens (tertiary/aromatic N) is 6. The number of anilines is 2. The van der Waals surface area contributed by atoms with Gasteiger partial charge in [-0.05, 0) is 18.6 Å². The summed E-state index contributed by atoms with van der Waals surface area (Å²) in [6.07, 6.45) is 2.17. The molecule has 0 amide bonds. The molecule has 0 aliphatic carbocycles. The van der Waals surface area contributed by atoms with Crippen LogP contribution in [0.15, 0.2) is 28.9 Å². The molecule has 25 heavy (non-hydrogen) atoms. The number of alkyl halides is 1. The third-order valence-electron chi connectivity index (χ3n) is 4.38. The van der Waals surface area contributed by atoms with Crippen LogP contribution in [0.5, 0.6) is 0 Å². The predicted octanol–water partition coefficient (Wildman–Crippen LogP) is 1.45. The van der Waals surface area contributed by atoms with Gasteiger partial charge in [0.15, 0.2) is 11.4 Å². The molecule has 2 N–H and O–H groups in total. The molecule has 1 aliphatic rings. The summed E-state index contributed by atoms with van der Waals surface area (Å²) in [7, 11) is 0. The molecule has 8 nitrogen and oxygen atoms in total. The minimum atomic E-state index is -0.264. The Morgan fingerprint density at radius 1 is 1.20 bits per heavy atom. The van der Waals surface area contributed by atoms with E-state index in [2.05, 4.69) is 24.9 Å². The van der Waals surface area contributed by atoms with Gasteiger partial charge < -0.3 is 15.1 Å². The van der Waals surface area contributed by atoms with E-state index in [1.54, 1.807) is 18.4 Å². The predicted molar refractivity (Wildman–Crippen MR) is 92.1 cm³/mol. The van der Waals surface area contributed by atoms with Crippen molar-refractivity contribution in [1.29, 1.82) is 0 Å². The van der Waals surface area contributed by atoms with Gasteiger partial charge in [-0.2, -0.15) is 9.50 Å². The number of piperazine rings is 1. The van der Waals surface area contributed by atoms with Gasteiger partial charge in [0.05, 0.1) is 12.9 Å². The normalized spacial score (nSPS) is 16.0. The molecular formula is C16H20FN7O. The fraction of sp³-hybridized carbons (Fsp3) is 0.438. The SMILES string of the molecule is Nc1nc(N2CCN(CCCF)CC2)cc2nc(-c3ccco3)nn12. The van der Waals surface area contributed by atoms with E-state index in [1.165, 1.54) is 4.52 Å². The summed E-state index contributed by atoms with van der Waals surface area (Å²) in [5, 5.41) is 4.35. The molecule has 0 bridgehead atoms. The number of hydrogen-bond acceptors (Lipinski definition) is 7. The zero-order valence-corrected chi connectivity index (χ0v) is 13.8. The van der Waals surface area contributed by atoms with E-state index < -0.39 is 0 Å². The lowest BCUT2D eigenvalue weighted by Gasteiger charge is -2.35. The highest BCUT2D eigenvalue weighted by Crippen LogP contribution is 2.22. The fourth-order valence-corrected chi connectivity index (χ4v) is 3.05. The molecule has 4 rings (SSSR count). The number of nitrogens with two attached hydrogens (primary N) is 1. The third-order valence-corrected chi connectivity index (χ3v) is 4.38. The first-order chi connectivity index (χ1) is 12.2. The van der Waals surface area contributed by atoms with Gasteiger partial charge in [0.25, 0.3) is 0 Å². The molecule has 1 aliphatic heterocycles. The first kappa shape index (κ1) is 15.8. The smallest absolute Gasteiger partial charge is 0.225 e. The van der Waals surface area contributed by atoms with Crippen LogP contribution in [-0.2, 0) is 0 Å². The second-order valence-corrected chi connectivity index (χ2v) is 6.03. The highest BCUT2D eigenvalue weighted by molar-refractivity contribution is 5.59. The Morgan fingerprint density at radius 2 is 2.04 bits per heavy atom. The van der Waals surface area contributed by atoms with Crippen molar-refractivity contribution in [3.8, 4) is 11.6 Å². The summed E-state index contributed by atoms with van der Waals surface area (Å²) in [6.45, 7) is 3.96. The van der Waals surface area contributed by atoms with Crippen LogP contribution in [0.4, 0.5) is 16.2 Å². The van der Waals surface area contributed by atoms with E-state index in [0.717, 1.165) is 38.5 Å². The van der Waals surface area contributed by atoms with E-state index in [1.807, 2.05) is 6.07 Å². The monoisotopic (exact) mass is 345 g/mol. The van der Waals surface area contributed by atoms with Crippen molar-refractivity contribution >= 4 is 17.4 Å². The minimum Gasteiger partial charge on any atom is -0.461 e. The van der Waals surface area contributed by atoms with Gasteiger partial charge in [-0.25, -0.2) is 4.98 Å². The van der Waals surface area contributed by atoms with Crippen LogP contribution in [0, 0.1) is 0 Å². The minimum absolute atomic E-state index is 0.264. The maximum Gasteiger partial charge on any atom is 0.225 e. The molecule has 132 valence electrons. The quantitative estimate of drug-likeness (QED) is 0.748. The first-order valence-electron chi connectivity index (χ1n) is 8.35. The number of halogens is 1. The fourth-order valence-electron chi connectivity index (χ4n) is 3.05. The third kappa shape index (κ3) is 3.14. The Balaban J connectivity index is 1.55. The first-order valence-corrected chi connectivity index (χ1v) is 8.35. The van der Waals surface area contributed by atoms with E-state index in [-0.39, 0.29) is 12.6 Å². The molecule has 3 aromatic heterocycles. The van der Waals surface area contributed by atoms with Crippen molar-refractivity contribution in [3.05, 3.63) is 24.5 Å². The average molecular weight is 345 g/mol. The summed E-state index contributed by atoms with van der Waals surface area (Å²) in [5.41, 5.74) is 6.70. The van der Waals surface area contributed by atoms with E-state index in [0.29, 0.717) is 23.7 Å². The van der Waals surface area contributed by atoms with Gasteiger partial charge in [0.1, 0.15) is 5.82 Å². The van der Waals surface area contributed by atoms with E-state index >= 15 is 0 Å². The number of aromatic nitrogens is 4. The highest BCUT2D eigenvalue weighted by Gasteiger charge is 2.20. The zero-order valence-electron chi connectivity index (χ0n) is 13.8. The van der Waals surface area contributed by atoms with E-state index in [4.69, 9.17) is 10.2 Å². The van der Waals surface area contributed by atoms with Crippen LogP contribution >= 0.6 is 0 Å². The second-order valence-electron chi connectivity index (χ2n) is 6.03. The summed E-state index contributed by atoms with van der Waals surface area (Å²) >= 11 is 0. The summed E-state index contributed by atoms with van der Waals surface area (Å²) in [5.74, 6) is 2.14. The van der Waals surface area contributed by atoms with Gasteiger partial charge in [-0.3, -0.25) is 9.29 Å². The molecular weight excluding hydrogens is 325 g/mol. The standard InChI is InChI=1S/C16H20FN7O/c17-4-2-5-22-6-8-23(9-7-22)13-11-14-19-15(12-3-1-10-25-12)21-24(14)16(18)20-13/h1,3,10-11H,2,4-9H2,(H2,18,20). The maximum absolute atomic E-state index is 12.3. The summed E-state index contributed by atoms with van der Waals surface area (Å²) in [4.78, 5) is 13.4. The van der Waals surface area contributed by atoms with Crippen molar-refractivity contribution in [3.63, 3.8) is 0 Å². The molecule has 0 radical (unpaired) electrons. The van der Waals surface area contributed by atoms with Crippen molar-refractivity contribution in [2.45, 2.75) is 6.42 Å². The Bertz CT molecular complexity index is 840. The van der Waals surface area contributed by atoms with Crippen molar-refractivity contribution in [2.75, 3.05) is 50.0 Å². The number of hydrogen-bond donors (Lipinski definition) is 1. The molecule has 9 heteroatoms. The van der Waals surface area contributed by atoms with Crippen LogP contribution in [0.1, 0.15) is 6.42 Å². The van der Waals surface area contributed by atoms with Gasteiger partial charge in [0, 0.05) is 38.8 Å². The molecule has 3 aromatic rings. The molecule has 0 atom stereocenters. The Labute approximate surface area is 144 Å². The summed E-state index contributed by atoms with van der Waals surface area (Å²) < 4.78 is 19.2. The number of furan rings is 1. The number of rotatable bonds is 5. The molecule has 1 fully saturated rings. The topological polar surface area (TPSA) is 88.7 Å². The highest BCUT2D eigenvalue weighted by atomic mass is 19.1. The van der Waals surface area contributed by atoms with Gasteiger partial charge >= 0.3 is 0 Å². The lowest BCUT2D eigenvalue weighted by Crippen LogP contribution is -2.47. The van der Waals surface area contributed by atoms with Gasteiger partial charge in [-0.15, -0.1) is 5.10 Å². The second kappa shape index (κ2) is 6.67. The molecule has 0 unspecified atom stereocenters. The lowest BCUT2D eigenvalue weighted by molar-refractivity contribution is 0.244. The van der Waals surface area contributed by atoms with Crippen molar-refractivity contribution in [2.24, 2.45) is 0 Å². The largest absolute Gasteiger partial charge is 0.461 e. The van der Waals surface area contributed by atoms with Crippen molar-refractivity contribution in [1.82, 2.24) is 24.5 Å². The average Bonchev–Trinajstić information content (AvgIpc) is 3.29. The molecule has 0 aromatic carbocycles. The molecule has 0 spiro atoms. The zero-order chi connectivity index (χ0) is 17.2. The van der Waals surface area contributed by atoms with Crippen LogP contribution in [0.3, 0.4) is 0 Å². The Morgan fingerprint density at radius 3 is 2.76 bits per heavy atom. The Hall–Kier alpha value is -2.68. The van der Waals surface area contributed by atoms with Crippen molar-refractivity contribution < 1.29 is 8.81 Å². The van der Waals surface area contributed by atoms with Gasteiger partial charge in [0.2, 0.25) is 11.8 Å². The Kier molecular flexibility index (Phi) is 4.22. The summed E-state index contributed by atoms with van der Waals surface area (Å²) in [6, 6.07) is 5.47.